The highest BCUT2D eigenvalue weighted by atomic mass is 32.1. The van der Waals surface area contributed by atoms with Crippen molar-refractivity contribution in [2.75, 3.05) is 0 Å². The molecule has 12 aromatic rings. The fourth-order valence-electron chi connectivity index (χ4n) is 8.56. The highest BCUT2D eigenvalue weighted by Gasteiger charge is 2.23. The fraction of sp³-hybridized carbons (Fsp3) is 0. The van der Waals surface area contributed by atoms with Gasteiger partial charge in [-0.1, -0.05) is 146 Å². The zero-order chi connectivity index (χ0) is 35.3. The van der Waals surface area contributed by atoms with Gasteiger partial charge in [-0.2, -0.15) is 0 Å². The molecule has 0 bridgehead atoms. The molecule has 0 aliphatic carbocycles. The molecule has 9 aromatic carbocycles. The minimum Gasteiger partial charge on any atom is -0.456 e. The number of fused-ring (bicyclic) bond motifs is 14. The number of rotatable bonds is 3. The molecule has 0 radical (unpaired) electrons. The number of hydrogen-bond donors (Lipinski definition) is 0. The van der Waals surface area contributed by atoms with Crippen molar-refractivity contribution in [3.05, 3.63) is 164 Å². The number of thiophene rings is 1. The zero-order valence-electron chi connectivity index (χ0n) is 28.7. The maximum atomic E-state index is 6.32. The number of aromatic nitrogens is 3. The van der Waals surface area contributed by atoms with Gasteiger partial charge < -0.3 is 4.42 Å². The van der Waals surface area contributed by atoms with Gasteiger partial charge in [-0.3, -0.25) is 0 Å². The quantitative estimate of drug-likeness (QED) is 0.172. The van der Waals surface area contributed by atoms with Crippen LogP contribution in [0.25, 0.3) is 119 Å². The summed E-state index contributed by atoms with van der Waals surface area (Å²) in [7, 11) is 0. The van der Waals surface area contributed by atoms with Gasteiger partial charge in [-0.05, 0) is 55.9 Å². The highest BCUT2D eigenvalue weighted by Crippen LogP contribution is 2.48. The molecule has 0 N–H and O–H groups in total. The summed E-state index contributed by atoms with van der Waals surface area (Å²) in [6.07, 6.45) is 0. The van der Waals surface area contributed by atoms with E-state index in [1.807, 2.05) is 59.9 Å². The first-order valence-corrected chi connectivity index (χ1v) is 18.9. The summed E-state index contributed by atoms with van der Waals surface area (Å²) in [6.45, 7) is 0. The number of para-hydroxylation sites is 1. The van der Waals surface area contributed by atoms with Crippen molar-refractivity contribution in [3.8, 4) is 34.2 Å². The molecule has 4 nitrogen and oxygen atoms in total. The predicted octanol–water partition coefficient (Wildman–Crippen LogP) is 13.8. The molecular weight excluding hydrogens is 679 g/mol. The molecule has 250 valence electrons. The van der Waals surface area contributed by atoms with E-state index in [-0.39, 0.29) is 0 Å². The van der Waals surface area contributed by atoms with E-state index in [0.29, 0.717) is 17.5 Å². The maximum Gasteiger partial charge on any atom is 0.165 e. The first-order chi connectivity index (χ1) is 26.8. The summed E-state index contributed by atoms with van der Waals surface area (Å²) in [5.74, 6) is 1.89. The highest BCUT2D eigenvalue weighted by molar-refractivity contribution is 7.27. The van der Waals surface area contributed by atoms with E-state index in [1.165, 1.54) is 47.1 Å². The lowest BCUT2D eigenvalue weighted by Gasteiger charge is -2.13. The van der Waals surface area contributed by atoms with Gasteiger partial charge in [-0.15, -0.1) is 11.3 Å². The van der Waals surface area contributed by atoms with E-state index < -0.39 is 0 Å². The van der Waals surface area contributed by atoms with Gasteiger partial charge in [0.25, 0.3) is 0 Å². The Kier molecular flexibility index (Phi) is 6.18. The Morgan fingerprint density at radius 2 is 0.981 bits per heavy atom. The lowest BCUT2D eigenvalue weighted by Crippen LogP contribution is -2.01. The monoisotopic (exact) mass is 705 g/mol. The summed E-state index contributed by atoms with van der Waals surface area (Å²) in [5.41, 5.74) is 4.51. The van der Waals surface area contributed by atoms with Crippen LogP contribution in [0.5, 0.6) is 0 Å². The summed E-state index contributed by atoms with van der Waals surface area (Å²) in [4.78, 5) is 15.9. The Balaban J connectivity index is 1.23. The van der Waals surface area contributed by atoms with Crippen LogP contribution in [0.3, 0.4) is 0 Å². The van der Waals surface area contributed by atoms with Crippen molar-refractivity contribution in [1.82, 2.24) is 15.0 Å². The zero-order valence-corrected chi connectivity index (χ0v) is 29.6. The second-order valence-corrected chi connectivity index (χ2v) is 14.9. The van der Waals surface area contributed by atoms with Crippen molar-refractivity contribution in [2.45, 2.75) is 0 Å². The third-order valence-electron chi connectivity index (χ3n) is 10.9. The van der Waals surface area contributed by atoms with Crippen molar-refractivity contribution < 1.29 is 4.42 Å². The second-order valence-electron chi connectivity index (χ2n) is 13.9. The summed E-state index contributed by atoms with van der Waals surface area (Å²) in [6, 6.07) is 57.7. The lowest BCUT2D eigenvalue weighted by molar-refractivity contribution is 0.669. The van der Waals surface area contributed by atoms with E-state index in [9.17, 15) is 0 Å². The van der Waals surface area contributed by atoms with Gasteiger partial charge >= 0.3 is 0 Å². The standard InChI is InChI=1S/C49H27N3OS/c1-2-13-28(14-3-1)47-50-48(38-22-12-24-40-42(38)36-21-10-11-23-39(36)53-40)52-49(51-47)45-30-16-5-4-15-29(30)27-41-44(45)37-26-25-35-33-19-7-6-17-31(33)32-18-8-9-20-34(32)43(35)46(37)54-41/h1-27H. The molecule has 0 saturated heterocycles. The van der Waals surface area contributed by atoms with Crippen molar-refractivity contribution in [2.24, 2.45) is 0 Å². The Hall–Kier alpha value is -6.95. The molecule has 0 spiro atoms. The van der Waals surface area contributed by atoms with Crippen LogP contribution >= 0.6 is 11.3 Å². The van der Waals surface area contributed by atoms with Crippen LogP contribution < -0.4 is 0 Å². The SMILES string of the molecule is c1ccc(-c2nc(-c3cccc4oc5ccccc5c34)nc(-c3c4ccccc4cc4sc5c(ccc6c7ccccc7c7ccccc7c65)c34)n2)cc1. The molecule has 0 unspecified atom stereocenters. The molecular formula is C49H27N3OS. The summed E-state index contributed by atoms with van der Waals surface area (Å²) >= 11 is 1.86. The van der Waals surface area contributed by atoms with Crippen molar-refractivity contribution in [3.63, 3.8) is 0 Å². The van der Waals surface area contributed by atoms with Crippen LogP contribution in [0.2, 0.25) is 0 Å². The Morgan fingerprint density at radius 3 is 1.80 bits per heavy atom. The number of nitrogens with zero attached hydrogens (tertiary/aromatic N) is 3. The molecule has 3 aromatic heterocycles. The van der Waals surface area contributed by atoms with Gasteiger partial charge in [-0.25, -0.2) is 15.0 Å². The molecule has 0 aliphatic rings. The van der Waals surface area contributed by atoms with Gasteiger partial charge in [0.15, 0.2) is 17.5 Å². The molecule has 0 fully saturated rings. The third kappa shape index (κ3) is 4.21. The number of furan rings is 1. The second kappa shape index (κ2) is 11.3. The van der Waals surface area contributed by atoms with E-state index in [0.717, 1.165) is 54.8 Å². The average Bonchev–Trinajstić information content (AvgIpc) is 3.81. The predicted molar refractivity (Wildman–Crippen MR) is 226 cm³/mol. The van der Waals surface area contributed by atoms with Gasteiger partial charge in [0.2, 0.25) is 0 Å². The lowest BCUT2D eigenvalue weighted by atomic mass is 9.92. The molecule has 12 rings (SSSR count). The molecule has 0 atom stereocenters. The van der Waals surface area contributed by atoms with E-state index in [2.05, 4.69) is 115 Å². The van der Waals surface area contributed by atoms with E-state index >= 15 is 0 Å². The van der Waals surface area contributed by atoms with Crippen LogP contribution in [-0.2, 0) is 0 Å². The first kappa shape index (κ1) is 29.6. The smallest absolute Gasteiger partial charge is 0.165 e. The molecule has 5 heteroatoms. The molecule has 0 amide bonds. The number of benzene rings is 9. The minimum atomic E-state index is 0.611. The van der Waals surface area contributed by atoms with Crippen LogP contribution in [0.4, 0.5) is 0 Å². The van der Waals surface area contributed by atoms with Gasteiger partial charge in [0.05, 0.1) is 0 Å². The van der Waals surface area contributed by atoms with Crippen LogP contribution in [0.1, 0.15) is 0 Å². The Labute approximate surface area is 312 Å². The number of hydrogen-bond acceptors (Lipinski definition) is 5. The van der Waals surface area contributed by atoms with Crippen molar-refractivity contribution >= 4 is 96.5 Å². The van der Waals surface area contributed by atoms with Crippen LogP contribution in [0, 0.1) is 0 Å². The third-order valence-corrected chi connectivity index (χ3v) is 12.1. The molecule has 0 saturated carbocycles. The Morgan fingerprint density at radius 1 is 0.389 bits per heavy atom. The maximum absolute atomic E-state index is 6.32. The van der Waals surface area contributed by atoms with Gasteiger partial charge in [0, 0.05) is 53.0 Å². The topological polar surface area (TPSA) is 51.8 Å². The molecule has 54 heavy (non-hydrogen) atoms. The first-order valence-electron chi connectivity index (χ1n) is 18.1. The molecule has 3 heterocycles. The molecule has 0 aliphatic heterocycles. The normalized spacial score (nSPS) is 12.1. The van der Waals surface area contributed by atoms with E-state index in [1.54, 1.807) is 0 Å². The van der Waals surface area contributed by atoms with Gasteiger partial charge in [0.1, 0.15) is 11.2 Å². The van der Waals surface area contributed by atoms with Crippen molar-refractivity contribution in [1.29, 1.82) is 0 Å². The van der Waals surface area contributed by atoms with Crippen LogP contribution in [-0.4, -0.2) is 15.0 Å². The fourth-order valence-corrected chi connectivity index (χ4v) is 9.89. The summed E-state index contributed by atoms with van der Waals surface area (Å²) in [5, 5.41) is 14.3. The minimum absolute atomic E-state index is 0.611. The Bertz CT molecular complexity index is 3470. The van der Waals surface area contributed by atoms with E-state index in [4.69, 9.17) is 19.4 Å². The average molecular weight is 706 g/mol. The van der Waals surface area contributed by atoms with Crippen LogP contribution in [0.15, 0.2) is 168 Å². The largest absolute Gasteiger partial charge is 0.456 e. The summed E-state index contributed by atoms with van der Waals surface area (Å²) < 4.78 is 8.79.